The summed E-state index contributed by atoms with van der Waals surface area (Å²) in [5.41, 5.74) is 3.30. The van der Waals surface area contributed by atoms with Crippen LogP contribution >= 0.6 is 23.2 Å². The minimum Gasteiger partial charge on any atom is -0.368 e. The van der Waals surface area contributed by atoms with Crippen LogP contribution < -0.4 is 15.1 Å². The largest absolute Gasteiger partial charge is 0.368 e. The van der Waals surface area contributed by atoms with Crippen LogP contribution in [0.2, 0.25) is 10.0 Å². The van der Waals surface area contributed by atoms with E-state index in [-0.39, 0.29) is 11.3 Å². The molecule has 3 aromatic rings. The van der Waals surface area contributed by atoms with Crippen molar-refractivity contribution in [1.82, 2.24) is 4.90 Å². The third-order valence-corrected chi connectivity index (χ3v) is 7.82. The number of hydrogen-bond acceptors (Lipinski definition) is 6. The SMILES string of the molecule is O=C(Nc1ccc(N2CCN(Cc3ccccc3Cl)CC2)c(Cl)c1)c1ccc(N2CCCC2)c([N+](=O)[O-])c1. The third kappa shape index (κ3) is 5.88. The number of benzene rings is 3. The highest BCUT2D eigenvalue weighted by molar-refractivity contribution is 6.33. The molecule has 2 fully saturated rings. The minimum atomic E-state index is -0.426. The summed E-state index contributed by atoms with van der Waals surface area (Å²) in [5.74, 6) is -0.418. The van der Waals surface area contributed by atoms with Gasteiger partial charge in [0.1, 0.15) is 5.69 Å². The summed E-state index contributed by atoms with van der Waals surface area (Å²) in [6.45, 7) is 5.79. The van der Waals surface area contributed by atoms with Crippen LogP contribution in [0.15, 0.2) is 60.7 Å². The van der Waals surface area contributed by atoms with Crippen LogP contribution in [0.4, 0.5) is 22.7 Å². The Hall–Kier alpha value is -3.33. The smallest absolute Gasteiger partial charge is 0.293 e. The van der Waals surface area contributed by atoms with Gasteiger partial charge in [-0.05, 0) is 54.8 Å². The first kappa shape index (κ1) is 26.3. The van der Waals surface area contributed by atoms with Gasteiger partial charge in [0.15, 0.2) is 0 Å². The van der Waals surface area contributed by atoms with Crippen LogP contribution in [0.25, 0.3) is 0 Å². The zero-order valence-corrected chi connectivity index (χ0v) is 22.4. The van der Waals surface area contributed by atoms with E-state index in [0.29, 0.717) is 16.4 Å². The zero-order valence-electron chi connectivity index (χ0n) is 20.9. The van der Waals surface area contributed by atoms with Crippen molar-refractivity contribution in [2.24, 2.45) is 0 Å². The maximum Gasteiger partial charge on any atom is 0.293 e. The Balaban J connectivity index is 1.22. The molecule has 38 heavy (non-hydrogen) atoms. The topological polar surface area (TPSA) is 82.0 Å². The summed E-state index contributed by atoms with van der Waals surface area (Å²) in [6.07, 6.45) is 2.02. The van der Waals surface area contributed by atoms with E-state index in [0.717, 1.165) is 74.9 Å². The summed E-state index contributed by atoms with van der Waals surface area (Å²) in [5, 5.41) is 15.8. The molecule has 0 atom stereocenters. The summed E-state index contributed by atoms with van der Waals surface area (Å²) in [7, 11) is 0. The van der Waals surface area contributed by atoms with Gasteiger partial charge in [0.05, 0.1) is 15.6 Å². The molecule has 198 valence electrons. The molecule has 3 aromatic carbocycles. The Labute approximate surface area is 231 Å². The molecular weight excluding hydrogens is 525 g/mol. The summed E-state index contributed by atoms with van der Waals surface area (Å²) >= 11 is 12.9. The first-order valence-electron chi connectivity index (χ1n) is 12.7. The fourth-order valence-electron chi connectivity index (χ4n) is 5.10. The Bertz CT molecular complexity index is 1340. The van der Waals surface area contributed by atoms with E-state index >= 15 is 0 Å². The number of rotatable bonds is 7. The molecule has 5 rings (SSSR count). The van der Waals surface area contributed by atoms with E-state index in [9.17, 15) is 14.9 Å². The van der Waals surface area contributed by atoms with Crippen LogP contribution in [0.3, 0.4) is 0 Å². The van der Waals surface area contributed by atoms with Gasteiger partial charge in [-0.2, -0.15) is 0 Å². The van der Waals surface area contributed by atoms with Crippen LogP contribution in [0, 0.1) is 10.1 Å². The molecule has 0 spiro atoms. The van der Waals surface area contributed by atoms with Crippen molar-refractivity contribution in [2.75, 3.05) is 54.4 Å². The van der Waals surface area contributed by atoms with E-state index in [4.69, 9.17) is 23.2 Å². The van der Waals surface area contributed by atoms with Crippen molar-refractivity contribution in [3.05, 3.63) is 92.0 Å². The fourth-order valence-corrected chi connectivity index (χ4v) is 5.59. The van der Waals surface area contributed by atoms with Crippen molar-refractivity contribution in [3.63, 3.8) is 0 Å². The normalized spacial score (nSPS) is 16.1. The number of piperazine rings is 1. The van der Waals surface area contributed by atoms with Crippen molar-refractivity contribution >= 4 is 51.9 Å². The van der Waals surface area contributed by atoms with Crippen molar-refractivity contribution in [3.8, 4) is 0 Å². The van der Waals surface area contributed by atoms with E-state index in [1.54, 1.807) is 18.2 Å². The molecule has 2 heterocycles. The Morgan fingerprint density at radius 1 is 0.842 bits per heavy atom. The van der Waals surface area contributed by atoms with Gasteiger partial charge in [-0.3, -0.25) is 19.8 Å². The lowest BCUT2D eigenvalue weighted by molar-refractivity contribution is -0.384. The summed E-state index contributed by atoms with van der Waals surface area (Å²) in [6, 6.07) is 18.0. The molecule has 0 aliphatic carbocycles. The molecular formula is C28H29Cl2N5O3. The predicted molar refractivity (Wildman–Crippen MR) is 153 cm³/mol. The van der Waals surface area contributed by atoms with E-state index < -0.39 is 10.8 Å². The average Bonchev–Trinajstić information content (AvgIpc) is 3.45. The molecule has 0 radical (unpaired) electrons. The van der Waals surface area contributed by atoms with Gasteiger partial charge in [0, 0.05) is 68.2 Å². The number of anilines is 3. The van der Waals surface area contributed by atoms with Gasteiger partial charge in [0.2, 0.25) is 0 Å². The summed E-state index contributed by atoms with van der Waals surface area (Å²) in [4.78, 5) is 30.8. The lowest BCUT2D eigenvalue weighted by atomic mass is 10.1. The lowest BCUT2D eigenvalue weighted by Crippen LogP contribution is -2.46. The lowest BCUT2D eigenvalue weighted by Gasteiger charge is -2.36. The van der Waals surface area contributed by atoms with Gasteiger partial charge in [-0.1, -0.05) is 41.4 Å². The quantitative estimate of drug-likeness (QED) is 0.282. The number of halogens is 2. The highest BCUT2D eigenvalue weighted by Gasteiger charge is 2.24. The average molecular weight is 554 g/mol. The number of nitrogens with zero attached hydrogens (tertiary/aromatic N) is 4. The van der Waals surface area contributed by atoms with Crippen LogP contribution in [-0.2, 0) is 6.54 Å². The maximum atomic E-state index is 12.9. The van der Waals surface area contributed by atoms with E-state index in [1.807, 2.05) is 35.2 Å². The fraction of sp³-hybridized carbons (Fsp3) is 0.321. The standard InChI is InChI=1S/C28H29Cl2N5O3/c29-23-6-2-1-5-21(23)19-32-13-15-34(16-14-32)25-10-8-22(18-24(25)30)31-28(36)20-7-9-26(27(17-20)35(37)38)33-11-3-4-12-33/h1-2,5-10,17-18H,3-4,11-16,19H2,(H,31,36). The first-order chi connectivity index (χ1) is 18.4. The van der Waals surface area contributed by atoms with Crippen LogP contribution in [-0.4, -0.2) is 55.0 Å². The highest BCUT2D eigenvalue weighted by Crippen LogP contribution is 2.33. The molecule has 10 heteroatoms. The van der Waals surface area contributed by atoms with Crippen LogP contribution in [0.5, 0.6) is 0 Å². The zero-order chi connectivity index (χ0) is 26.6. The Morgan fingerprint density at radius 2 is 1.53 bits per heavy atom. The summed E-state index contributed by atoms with van der Waals surface area (Å²) < 4.78 is 0. The van der Waals surface area contributed by atoms with Gasteiger partial charge in [-0.15, -0.1) is 0 Å². The molecule has 2 aliphatic rings. The van der Waals surface area contributed by atoms with Gasteiger partial charge >= 0.3 is 0 Å². The number of nitro benzene ring substituents is 1. The third-order valence-electron chi connectivity index (χ3n) is 7.15. The second-order valence-corrected chi connectivity index (χ2v) is 10.4. The monoisotopic (exact) mass is 553 g/mol. The van der Waals surface area contributed by atoms with Gasteiger partial charge in [-0.25, -0.2) is 0 Å². The molecule has 1 N–H and O–H groups in total. The number of carbonyl (C=O) groups is 1. The van der Waals surface area contributed by atoms with Crippen LogP contribution in [0.1, 0.15) is 28.8 Å². The second kappa shape index (κ2) is 11.6. The number of amides is 1. The van der Waals surface area contributed by atoms with Crippen molar-refractivity contribution in [2.45, 2.75) is 19.4 Å². The molecule has 1 amide bonds. The number of nitro groups is 1. The molecule has 0 unspecified atom stereocenters. The molecule has 2 aliphatic heterocycles. The number of nitrogens with one attached hydrogen (secondary N) is 1. The molecule has 0 bridgehead atoms. The predicted octanol–water partition coefficient (Wildman–Crippen LogP) is 6.08. The molecule has 0 aromatic heterocycles. The van der Waals surface area contributed by atoms with Gasteiger partial charge in [0.25, 0.3) is 11.6 Å². The molecule has 0 saturated carbocycles. The molecule has 2 saturated heterocycles. The Kier molecular flexibility index (Phi) is 8.02. The van der Waals surface area contributed by atoms with Crippen molar-refractivity contribution in [1.29, 1.82) is 0 Å². The van der Waals surface area contributed by atoms with E-state index in [1.165, 1.54) is 6.07 Å². The first-order valence-corrected chi connectivity index (χ1v) is 13.5. The second-order valence-electron chi connectivity index (χ2n) is 9.63. The molecule has 8 nitrogen and oxygen atoms in total. The number of hydrogen-bond donors (Lipinski definition) is 1. The number of carbonyl (C=O) groups excluding carboxylic acids is 1. The van der Waals surface area contributed by atoms with E-state index in [2.05, 4.69) is 21.2 Å². The maximum absolute atomic E-state index is 12.9. The minimum absolute atomic E-state index is 0.0541. The Morgan fingerprint density at radius 3 is 2.21 bits per heavy atom. The van der Waals surface area contributed by atoms with Gasteiger partial charge < -0.3 is 15.1 Å². The van der Waals surface area contributed by atoms with Crippen molar-refractivity contribution < 1.29 is 9.72 Å². The highest BCUT2D eigenvalue weighted by atomic mass is 35.5.